The largest absolute Gasteiger partial charge is 0.478 e. The molecule has 1 aliphatic rings. The van der Waals surface area contributed by atoms with Crippen LogP contribution in [-0.2, 0) is 4.79 Å². The highest BCUT2D eigenvalue weighted by Gasteiger charge is 2.33. The van der Waals surface area contributed by atoms with Crippen molar-refractivity contribution in [3.05, 3.63) is 41.0 Å². The van der Waals surface area contributed by atoms with Crippen molar-refractivity contribution >= 4 is 18.0 Å². The molecule has 6 nitrogen and oxygen atoms in total. The summed E-state index contributed by atoms with van der Waals surface area (Å²) in [6.45, 7) is 1.92. The van der Waals surface area contributed by atoms with Gasteiger partial charge in [-0.15, -0.1) is 0 Å². The minimum Gasteiger partial charge on any atom is -0.478 e. The first-order valence-electron chi connectivity index (χ1n) is 6.56. The fourth-order valence-electron chi connectivity index (χ4n) is 2.33. The van der Waals surface area contributed by atoms with Gasteiger partial charge in [0, 0.05) is 24.7 Å². The van der Waals surface area contributed by atoms with Crippen molar-refractivity contribution in [1.82, 2.24) is 4.90 Å². The molecule has 21 heavy (non-hydrogen) atoms. The standard InChI is InChI=1S/C15H17NO5/c1-9-10(5-6-14(19)20)3-2-4-11(9)15(21)16-7-12(17)13(18)8-16/h2-6,12-13,17-18H,7-8H2,1H3,(H,19,20)/b6-5+. The van der Waals surface area contributed by atoms with Gasteiger partial charge in [-0.3, -0.25) is 4.79 Å². The number of nitrogens with zero attached hydrogens (tertiary/aromatic N) is 1. The molecule has 0 aromatic heterocycles. The van der Waals surface area contributed by atoms with Gasteiger partial charge in [0.15, 0.2) is 0 Å². The molecule has 1 aromatic carbocycles. The maximum Gasteiger partial charge on any atom is 0.328 e. The van der Waals surface area contributed by atoms with Crippen LogP contribution in [0.1, 0.15) is 21.5 Å². The lowest BCUT2D eigenvalue weighted by Gasteiger charge is -2.17. The fourth-order valence-corrected chi connectivity index (χ4v) is 2.33. The first-order chi connectivity index (χ1) is 9.90. The first kappa shape index (κ1) is 15.2. The van der Waals surface area contributed by atoms with Crippen LogP contribution in [-0.4, -0.2) is 57.4 Å². The third-order valence-corrected chi connectivity index (χ3v) is 3.56. The van der Waals surface area contributed by atoms with Crippen molar-refractivity contribution in [3.63, 3.8) is 0 Å². The second kappa shape index (κ2) is 6.07. The molecular weight excluding hydrogens is 274 g/mol. The second-order valence-corrected chi connectivity index (χ2v) is 5.04. The van der Waals surface area contributed by atoms with Gasteiger partial charge in [-0.05, 0) is 30.2 Å². The Labute approximate surface area is 121 Å². The van der Waals surface area contributed by atoms with Gasteiger partial charge in [-0.2, -0.15) is 0 Å². The van der Waals surface area contributed by atoms with E-state index in [1.54, 1.807) is 25.1 Å². The van der Waals surface area contributed by atoms with E-state index in [9.17, 15) is 19.8 Å². The summed E-state index contributed by atoms with van der Waals surface area (Å²) in [5.41, 5.74) is 1.74. The number of rotatable bonds is 3. The zero-order valence-corrected chi connectivity index (χ0v) is 11.6. The SMILES string of the molecule is Cc1c(/C=C/C(=O)O)cccc1C(=O)N1CC(O)C(O)C1. The van der Waals surface area contributed by atoms with Crippen LogP contribution < -0.4 is 0 Å². The molecule has 0 saturated carbocycles. The monoisotopic (exact) mass is 291 g/mol. The maximum absolute atomic E-state index is 12.4. The van der Waals surface area contributed by atoms with Gasteiger partial charge in [0.1, 0.15) is 0 Å². The number of carbonyl (C=O) groups is 2. The van der Waals surface area contributed by atoms with E-state index >= 15 is 0 Å². The number of hydrogen-bond acceptors (Lipinski definition) is 4. The maximum atomic E-state index is 12.4. The van der Waals surface area contributed by atoms with Gasteiger partial charge in [-0.1, -0.05) is 12.1 Å². The minimum absolute atomic E-state index is 0.0919. The molecule has 0 radical (unpaired) electrons. The van der Waals surface area contributed by atoms with Crippen molar-refractivity contribution < 1.29 is 24.9 Å². The van der Waals surface area contributed by atoms with E-state index in [4.69, 9.17) is 5.11 Å². The molecule has 2 rings (SSSR count). The fraction of sp³-hybridized carbons (Fsp3) is 0.333. The van der Waals surface area contributed by atoms with Crippen LogP contribution in [0.25, 0.3) is 6.08 Å². The lowest BCUT2D eigenvalue weighted by atomic mass is 10.0. The highest BCUT2D eigenvalue weighted by molar-refractivity contribution is 5.97. The summed E-state index contributed by atoms with van der Waals surface area (Å²) >= 11 is 0. The van der Waals surface area contributed by atoms with Crippen LogP contribution >= 0.6 is 0 Å². The molecule has 0 spiro atoms. The first-order valence-corrected chi connectivity index (χ1v) is 6.56. The third kappa shape index (κ3) is 3.29. The quantitative estimate of drug-likeness (QED) is 0.694. The number of carbonyl (C=O) groups excluding carboxylic acids is 1. The number of β-amino-alcohol motifs (C(OH)–C–C–N with tert-alkyl or cyclic N) is 2. The smallest absolute Gasteiger partial charge is 0.328 e. The van der Waals surface area contributed by atoms with Gasteiger partial charge in [0.05, 0.1) is 12.2 Å². The zero-order chi connectivity index (χ0) is 15.6. The van der Waals surface area contributed by atoms with Crippen molar-refractivity contribution in [1.29, 1.82) is 0 Å². The molecule has 0 aliphatic carbocycles. The van der Waals surface area contributed by atoms with Gasteiger partial charge >= 0.3 is 5.97 Å². The molecule has 0 bridgehead atoms. The summed E-state index contributed by atoms with van der Waals surface area (Å²) < 4.78 is 0. The Hall–Kier alpha value is -2.18. The lowest BCUT2D eigenvalue weighted by molar-refractivity contribution is -0.131. The van der Waals surface area contributed by atoms with Crippen LogP contribution in [0.3, 0.4) is 0 Å². The molecule has 112 valence electrons. The number of aliphatic carboxylic acids is 1. The molecule has 1 heterocycles. The molecule has 1 fully saturated rings. The summed E-state index contributed by atoms with van der Waals surface area (Å²) in [7, 11) is 0. The highest BCUT2D eigenvalue weighted by atomic mass is 16.4. The Kier molecular flexibility index (Phi) is 4.40. The van der Waals surface area contributed by atoms with E-state index in [-0.39, 0.29) is 19.0 Å². The normalized spacial score (nSPS) is 22.0. The Morgan fingerprint density at radius 1 is 1.24 bits per heavy atom. The molecule has 1 aromatic rings. The summed E-state index contributed by atoms with van der Waals surface area (Å²) in [4.78, 5) is 24.4. The van der Waals surface area contributed by atoms with Crippen LogP contribution in [0.4, 0.5) is 0 Å². The number of amides is 1. The highest BCUT2D eigenvalue weighted by Crippen LogP contribution is 2.20. The minimum atomic E-state index is -1.06. The number of carboxylic acid groups (broad SMARTS) is 1. The van der Waals surface area contributed by atoms with E-state index in [1.165, 1.54) is 11.0 Å². The number of hydrogen-bond donors (Lipinski definition) is 3. The summed E-state index contributed by atoms with van der Waals surface area (Å²) in [5.74, 6) is -1.34. The van der Waals surface area contributed by atoms with Crippen molar-refractivity contribution in [2.24, 2.45) is 0 Å². The predicted molar refractivity (Wildman–Crippen MR) is 75.8 cm³/mol. The van der Waals surface area contributed by atoms with E-state index in [0.29, 0.717) is 16.7 Å². The van der Waals surface area contributed by atoms with Crippen LogP contribution in [0.2, 0.25) is 0 Å². The average molecular weight is 291 g/mol. The molecule has 2 atom stereocenters. The Morgan fingerprint density at radius 2 is 1.86 bits per heavy atom. The van der Waals surface area contributed by atoms with Gasteiger partial charge in [0.25, 0.3) is 5.91 Å². The summed E-state index contributed by atoms with van der Waals surface area (Å²) in [5, 5.41) is 27.7. The van der Waals surface area contributed by atoms with E-state index in [1.807, 2.05) is 0 Å². The average Bonchev–Trinajstić information content (AvgIpc) is 2.77. The van der Waals surface area contributed by atoms with Crippen LogP contribution in [0.15, 0.2) is 24.3 Å². The number of aliphatic hydroxyl groups excluding tert-OH is 2. The number of benzene rings is 1. The Bertz CT molecular complexity index is 586. The Morgan fingerprint density at radius 3 is 2.43 bits per heavy atom. The topological polar surface area (TPSA) is 98.1 Å². The van der Waals surface area contributed by atoms with E-state index in [0.717, 1.165) is 6.08 Å². The van der Waals surface area contributed by atoms with Crippen LogP contribution in [0.5, 0.6) is 0 Å². The molecular formula is C15H17NO5. The van der Waals surface area contributed by atoms with Gasteiger partial charge < -0.3 is 20.2 Å². The molecule has 2 unspecified atom stereocenters. The van der Waals surface area contributed by atoms with Crippen molar-refractivity contribution in [2.45, 2.75) is 19.1 Å². The zero-order valence-electron chi connectivity index (χ0n) is 11.6. The summed E-state index contributed by atoms with van der Waals surface area (Å²) in [6, 6.07) is 5.04. The number of likely N-dealkylation sites (tertiary alicyclic amines) is 1. The van der Waals surface area contributed by atoms with Crippen molar-refractivity contribution in [3.8, 4) is 0 Å². The lowest BCUT2D eigenvalue weighted by Crippen LogP contribution is -2.30. The van der Waals surface area contributed by atoms with Crippen molar-refractivity contribution in [2.75, 3.05) is 13.1 Å². The number of carboxylic acids is 1. The second-order valence-electron chi connectivity index (χ2n) is 5.04. The predicted octanol–water partition coefficient (Wildman–Crippen LogP) is 0.270. The molecule has 1 aliphatic heterocycles. The Balaban J connectivity index is 2.26. The molecule has 1 amide bonds. The number of aliphatic hydroxyl groups is 2. The molecule has 6 heteroatoms. The van der Waals surface area contributed by atoms with Crippen LogP contribution in [0, 0.1) is 6.92 Å². The molecule has 3 N–H and O–H groups in total. The van der Waals surface area contributed by atoms with E-state index < -0.39 is 18.2 Å². The van der Waals surface area contributed by atoms with E-state index in [2.05, 4.69) is 0 Å². The van der Waals surface area contributed by atoms with Gasteiger partial charge in [0.2, 0.25) is 0 Å². The third-order valence-electron chi connectivity index (χ3n) is 3.56. The summed E-state index contributed by atoms with van der Waals surface area (Å²) in [6.07, 6.45) is 0.593. The van der Waals surface area contributed by atoms with Gasteiger partial charge in [-0.25, -0.2) is 4.79 Å². The molecule has 1 saturated heterocycles.